The Morgan fingerprint density at radius 1 is 1.11 bits per heavy atom. The lowest BCUT2D eigenvalue weighted by Crippen LogP contribution is -2.68. The number of nitrogens with one attached hydrogen (secondary N) is 1. The van der Waals surface area contributed by atoms with E-state index < -0.39 is 0 Å². The van der Waals surface area contributed by atoms with Crippen LogP contribution < -0.4 is 15.6 Å². The molecule has 1 N–H and O–H groups in total. The van der Waals surface area contributed by atoms with Crippen LogP contribution in [0.4, 0.5) is 11.5 Å². The van der Waals surface area contributed by atoms with Gasteiger partial charge in [-0.2, -0.15) is 0 Å². The van der Waals surface area contributed by atoms with Crippen molar-refractivity contribution in [2.75, 3.05) is 29.9 Å². The molecular weight excluding hydrogens is 474 g/mol. The van der Waals surface area contributed by atoms with Crippen LogP contribution >= 0.6 is 11.6 Å². The van der Waals surface area contributed by atoms with Gasteiger partial charge in [0.05, 0.1) is 36.8 Å². The zero-order valence-electron chi connectivity index (χ0n) is 20.6. The van der Waals surface area contributed by atoms with Crippen LogP contribution in [-0.4, -0.2) is 30.3 Å². The fraction of sp³-hybridized carbons (Fsp3) is 0.310. The number of benzene rings is 2. The van der Waals surface area contributed by atoms with Gasteiger partial charge in [0.1, 0.15) is 22.1 Å². The maximum absolute atomic E-state index is 13.4. The zero-order valence-corrected chi connectivity index (χ0v) is 21.4. The van der Waals surface area contributed by atoms with Crippen molar-refractivity contribution in [3.8, 4) is 11.3 Å². The molecule has 2 aromatic carbocycles. The third kappa shape index (κ3) is 3.85. The predicted octanol–water partition coefficient (Wildman–Crippen LogP) is 6.28. The molecule has 0 amide bonds. The maximum atomic E-state index is 13.4. The van der Waals surface area contributed by atoms with Crippen molar-refractivity contribution in [1.29, 1.82) is 0 Å². The Hall–Kier alpha value is -3.35. The Bertz CT molecular complexity index is 1520. The summed E-state index contributed by atoms with van der Waals surface area (Å²) in [5, 5.41) is 4.66. The molecule has 4 heterocycles. The van der Waals surface area contributed by atoms with Crippen molar-refractivity contribution in [2.24, 2.45) is 0 Å². The number of halogens is 1. The number of fused-ring (bicyclic) bond motifs is 1. The second-order valence-electron chi connectivity index (χ2n) is 9.99. The summed E-state index contributed by atoms with van der Waals surface area (Å²) in [4.78, 5) is 20.2. The molecule has 1 spiro atoms. The first kappa shape index (κ1) is 23.1. The Morgan fingerprint density at radius 3 is 2.56 bits per heavy atom. The minimum atomic E-state index is -0.154. The van der Waals surface area contributed by atoms with Crippen molar-refractivity contribution in [1.82, 2.24) is 4.98 Å². The molecule has 2 aromatic heterocycles. The summed E-state index contributed by atoms with van der Waals surface area (Å²) in [6.45, 7) is 8.35. The second kappa shape index (κ2) is 8.64. The molecule has 0 aliphatic carbocycles. The van der Waals surface area contributed by atoms with E-state index in [1.807, 2.05) is 56.3 Å². The molecule has 2 aliphatic rings. The van der Waals surface area contributed by atoms with Gasteiger partial charge >= 0.3 is 0 Å². The van der Waals surface area contributed by atoms with Gasteiger partial charge in [-0.15, -0.1) is 0 Å². The highest BCUT2D eigenvalue weighted by Gasteiger charge is 2.50. The van der Waals surface area contributed by atoms with E-state index in [0.717, 1.165) is 54.3 Å². The van der Waals surface area contributed by atoms with Gasteiger partial charge < -0.3 is 19.4 Å². The lowest BCUT2D eigenvalue weighted by Gasteiger charge is -2.55. The number of aryl methyl sites for hydroxylation is 1. The van der Waals surface area contributed by atoms with Gasteiger partial charge in [-0.3, -0.25) is 4.79 Å². The minimum Gasteiger partial charge on any atom is -0.455 e. The van der Waals surface area contributed by atoms with Gasteiger partial charge in [0, 0.05) is 23.1 Å². The van der Waals surface area contributed by atoms with Crippen molar-refractivity contribution < 1.29 is 9.15 Å². The molecule has 1 atom stereocenters. The SMILES string of the molecule is Cc1cc([C@@H](C)Nc2ccc(Cl)nc2N2CC3(CCO3)C2)c2oc(-c3ccccc3)c(C)c(=O)c2c1. The molecule has 2 aliphatic heterocycles. The Morgan fingerprint density at radius 2 is 1.86 bits per heavy atom. The maximum Gasteiger partial charge on any atom is 0.196 e. The number of pyridine rings is 1. The first-order valence-electron chi connectivity index (χ1n) is 12.3. The number of ether oxygens (including phenoxy) is 1. The third-order valence-electron chi connectivity index (χ3n) is 7.33. The van der Waals surface area contributed by atoms with Crippen LogP contribution in [0.25, 0.3) is 22.3 Å². The van der Waals surface area contributed by atoms with E-state index in [9.17, 15) is 4.79 Å². The highest BCUT2D eigenvalue weighted by molar-refractivity contribution is 6.29. The molecule has 2 fully saturated rings. The van der Waals surface area contributed by atoms with E-state index in [4.69, 9.17) is 20.8 Å². The van der Waals surface area contributed by atoms with Gasteiger partial charge in [0.15, 0.2) is 11.2 Å². The van der Waals surface area contributed by atoms with Crippen LogP contribution in [0.3, 0.4) is 0 Å². The smallest absolute Gasteiger partial charge is 0.196 e. The highest BCUT2D eigenvalue weighted by atomic mass is 35.5. The van der Waals surface area contributed by atoms with E-state index in [-0.39, 0.29) is 17.1 Å². The molecule has 4 aromatic rings. The summed E-state index contributed by atoms with van der Waals surface area (Å²) < 4.78 is 12.3. The first-order valence-corrected chi connectivity index (χ1v) is 12.7. The topological polar surface area (TPSA) is 67.6 Å². The average Bonchev–Trinajstić information content (AvgIpc) is 2.81. The average molecular weight is 502 g/mol. The predicted molar refractivity (Wildman–Crippen MR) is 144 cm³/mol. The van der Waals surface area contributed by atoms with E-state index in [1.165, 1.54) is 0 Å². The summed E-state index contributed by atoms with van der Waals surface area (Å²) in [6.07, 6.45) is 1.08. The van der Waals surface area contributed by atoms with E-state index >= 15 is 0 Å². The van der Waals surface area contributed by atoms with Crippen molar-refractivity contribution in [3.05, 3.63) is 86.7 Å². The molecule has 36 heavy (non-hydrogen) atoms. The highest BCUT2D eigenvalue weighted by Crippen LogP contribution is 2.41. The summed E-state index contributed by atoms with van der Waals surface area (Å²) in [7, 11) is 0. The molecule has 0 radical (unpaired) electrons. The van der Waals surface area contributed by atoms with E-state index in [0.29, 0.717) is 27.4 Å². The number of anilines is 2. The van der Waals surface area contributed by atoms with Crippen LogP contribution in [0.1, 0.15) is 36.1 Å². The number of aromatic nitrogens is 1. The summed E-state index contributed by atoms with van der Waals surface area (Å²) in [5.74, 6) is 1.42. The molecule has 2 saturated heterocycles. The van der Waals surface area contributed by atoms with Crippen molar-refractivity contribution in [2.45, 2.75) is 38.8 Å². The molecule has 0 saturated carbocycles. The van der Waals surface area contributed by atoms with Crippen LogP contribution in [0.2, 0.25) is 5.15 Å². The third-order valence-corrected chi connectivity index (χ3v) is 7.54. The summed E-state index contributed by atoms with van der Waals surface area (Å²) in [5.41, 5.74) is 4.88. The largest absolute Gasteiger partial charge is 0.455 e. The van der Waals surface area contributed by atoms with Crippen molar-refractivity contribution in [3.63, 3.8) is 0 Å². The van der Waals surface area contributed by atoms with Crippen LogP contribution in [-0.2, 0) is 4.74 Å². The quantitative estimate of drug-likeness (QED) is 0.325. The standard InChI is InChI=1S/C29H28ClN3O3/c1-17-13-21(27-22(14-17)25(34)18(2)26(36-27)20-7-5-4-6-8-20)19(3)31-23-9-10-24(30)32-28(23)33-15-29(16-33)11-12-35-29/h4-10,13-14,19,31H,11-12,15-16H2,1-3H3/t19-/m1/s1. The van der Waals surface area contributed by atoms with Gasteiger partial charge in [0.2, 0.25) is 0 Å². The monoisotopic (exact) mass is 501 g/mol. The zero-order chi connectivity index (χ0) is 25.0. The van der Waals surface area contributed by atoms with Crippen LogP contribution in [0.5, 0.6) is 0 Å². The first-order chi connectivity index (χ1) is 17.3. The van der Waals surface area contributed by atoms with Crippen LogP contribution in [0, 0.1) is 13.8 Å². The molecule has 7 heteroatoms. The molecule has 0 unspecified atom stereocenters. The Kier molecular flexibility index (Phi) is 5.54. The minimum absolute atomic E-state index is 0.00697. The molecular formula is C29H28ClN3O3. The van der Waals surface area contributed by atoms with E-state index in [2.05, 4.69) is 28.2 Å². The van der Waals surface area contributed by atoms with Gasteiger partial charge in [-0.05, 0) is 44.5 Å². The fourth-order valence-electron chi connectivity index (χ4n) is 5.28. The van der Waals surface area contributed by atoms with Gasteiger partial charge in [-0.25, -0.2) is 4.98 Å². The number of hydrogen-bond acceptors (Lipinski definition) is 6. The molecule has 6 rings (SSSR count). The summed E-state index contributed by atoms with van der Waals surface area (Å²) in [6, 6.07) is 17.4. The fourth-order valence-corrected chi connectivity index (χ4v) is 5.43. The lowest BCUT2D eigenvalue weighted by molar-refractivity contribution is -0.161. The summed E-state index contributed by atoms with van der Waals surface area (Å²) >= 11 is 6.27. The van der Waals surface area contributed by atoms with Crippen molar-refractivity contribution >= 4 is 34.1 Å². The Balaban J connectivity index is 1.40. The lowest BCUT2D eigenvalue weighted by atomic mass is 9.86. The van der Waals surface area contributed by atoms with E-state index in [1.54, 1.807) is 6.07 Å². The molecule has 184 valence electrons. The van der Waals surface area contributed by atoms with Gasteiger partial charge in [0.25, 0.3) is 0 Å². The molecule has 6 nitrogen and oxygen atoms in total. The van der Waals surface area contributed by atoms with Gasteiger partial charge in [-0.1, -0.05) is 48.0 Å². The Labute approximate surface area is 214 Å². The van der Waals surface area contributed by atoms with Crippen LogP contribution in [0.15, 0.2) is 63.8 Å². The second-order valence-corrected chi connectivity index (χ2v) is 10.4. The number of rotatable bonds is 5. The normalized spacial score (nSPS) is 17.1. The molecule has 0 bridgehead atoms. The number of nitrogens with zero attached hydrogens (tertiary/aromatic N) is 2. The number of hydrogen-bond donors (Lipinski definition) is 1.